The Labute approximate surface area is 62.5 Å². The van der Waals surface area contributed by atoms with E-state index in [-0.39, 0.29) is 5.69 Å². The fourth-order valence-corrected chi connectivity index (χ4v) is 0.607. The highest BCUT2D eigenvalue weighted by Crippen LogP contribution is 1.94. The third-order valence-electron chi connectivity index (χ3n) is 1.09. The first kappa shape index (κ1) is 7.40. The molecule has 1 aromatic heterocycles. The lowest BCUT2D eigenvalue weighted by Gasteiger charge is -1.90. The summed E-state index contributed by atoms with van der Waals surface area (Å²) in [7, 11) is 0. The number of nitrogens with zero attached hydrogens (tertiary/aromatic N) is 1. The summed E-state index contributed by atoms with van der Waals surface area (Å²) in [6.07, 6.45) is 1.37. The molecule has 0 spiro atoms. The van der Waals surface area contributed by atoms with E-state index in [0.717, 1.165) is 0 Å². The van der Waals surface area contributed by atoms with E-state index in [1.807, 2.05) is 0 Å². The molecular formula is C7H5NO3. The van der Waals surface area contributed by atoms with E-state index in [1.54, 1.807) is 12.1 Å². The Kier molecular flexibility index (Phi) is 1.96. The Morgan fingerprint density at radius 1 is 1.36 bits per heavy atom. The lowest BCUT2D eigenvalue weighted by atomic mass is 10.2. The molecule has 1 N–H and O–H groups in total. The number of ketones is 1. The van der Waals surface area contributed by atoms with Gasteiger partial charge in [0, 0.05) is 6.20 Å². The van der Waals surface area contributed by atoms with Crippen molar-refractivity contribution in [2.45, 2.75) is 0 Å². The van der Waals surface area contributed by atoms with Gasteiger partial charge in [0.2, 0.25) is 0 Å². The molecule has 0 aliphatic carbocycles. The zero-order chi connectivity index (χ0) is 8.27. The zero-order valence-electron chi connectivity index (χ0n) is 5.52. The van der Waals surface area contributed by atoms with Gasteiger partial charge < -0.3 is 5.11 Å². The van der Waals surface area contributed by atoms with Gasteiger partial charge in [0.1, 0.15) is 5.69 Å². The van der Waals surface area contributed by atoms with Gasteiger partial charge in [-0.2, -0.15) is 0 Å². The van der Waals surface area contributed by atoms with E-state index in [0.29, 0.717) is 0 Å². The number of carboxylic acid groups (broad SMARTS) is 1. The number of aromatic nitrogens is 1. The predicted molar refractivity (Wildman–Crippen MR) is 36.2 cm³/mol. The molecule has 1 heterocycles. The van der Waals surface area contributed by atoms with Crippen LogP contribution in [0.2, 0.25) is 0 Å². The number of Topliss-reactive ketones (excluding diaryl/α,β-unsaturated/α-hetero) is 1. The number of carbonyl (C=O) groups is 2. The largest absolute Gasteiger partial charge is 0.475 e. The minimum Gasteiger partial charge on any atom is -0.475 e. The van der Waals surface area contributed by atoms with Crippen molar-refractivity contribution < 1.29 is 14.7 Å². The zero-order valence-corrected chi connectivity index (χ0v) is 5.52. The summed E-state index contributed by atoms with van der Waals surface area (Å²) >= 11 is 0. The van der Waals surface area contributed by atoms with Crippen LogP contribution in [0, 0.1) is 0 Å². The van der Waals surface area contributed by atoms with Crippen LogP contribution in [0.4, 0.5) is 0 Å². The van der Waals surface area contributed by atoms with Crippen LogP contribution < -0.4 is 0 Å². The lowest BCUT2D eigenvalue weighted by molar-refractivity contribution is -0.131. The second-order valence-corrected chi connectivity index (χ2v) is 1.85. The number of aliphatic carboxylic acids is 1. The summed E-state index contributed by atoms with van der Waals surface area (Å²) in [6.45, 7) is 0. The Morgan fingerprint density at radius 2 is 2.09 bits per heavy atom. The molecule has 4 heteroatoms. The molecule has 4 nitrogen and oxygen atoms in total. The van der Waals surface area contributed by atoms with Crippen LogP contribution in [0.5, 0.6) is 0 Å². The summed E-state index contributed by atoms with van der Waals surface area (Å²) in [5, 5.41) is 8.25. The van der Waals surface area contributed by atoms with Gasteiger partial charge in [-0.3, -0.25) is 9.78 Å². The smallest absolute Gasteiger partial charge is 0.378 e. The van der Waals surface area contributed by atoms with E-state index in [4.69, 9.17) is 5.11 Å². The van der Waals surface area contributed by atoms with Crippen LogP contribution in [-0.2, 0) is 4.79 Å². The van der Waals surface area contributed by atoms with E-state index < -0.39 is 11.8 Å². The minimum absolute atomic E-state index is 0.0417. The number of carbonyl (C=O) groups excluding carboxylic acids is 1. The number of carboxylic acids is 1. The Balaban J connectivity index is 2.95. The van der Waals surface area contributed by atoms with Crippen LogP contribution >= 0.6 is 0 Å². The predicted octanol–water partition coefficient (Wildman–Crippen LogP) is 0.349. The van der Waals surface area contributed by atoms with Crippen molar-refractivity contribution >= 4 is 11.8 Å². The SMILES string of the molecule is O=C(O)C(=O)c1ccccn1. The lowest BCUT2D eigenvalue weighted by Crippen LogP contribution is -2.13. The summed E-state index contributed by atoms with van der Waals surface area (Å²) in [6, 6.07) is 4.53. The summed E-state index contributed by atoms with van der Waals surface area (Å²) in [5.41, 5.74) is -0.0417. The molecule has 0 aliphatic rings. The highest BCUT2D eigenvalue weighted by molar-refractivity contribution is 6.39. The van der Waals surface area contributed by atoms with Crippen molar-refractivity contribution in [1.82, 2.24) is 4.98 Å². The third-order valence-corrected chi connectivity index (χ3v) is 1.09. The standard InChI is InChI=1S/C7H5NO3/c9-6(7(10)11)5-3-1-2-4-8-5/h1-4H,(H,10,11). The fraction of sp³-hybridized carbons (Fsp3) is 0. The van der Waals surface area contributed by atoms with Crippen LogP contribution in [0.25, 0.3) is 0 Å². The normalized spacial score (nSPS) is 9.09. The van der Waals surface area contributed by atoms with Gasteiger partial charge in [-0.05, 0) is 12.1 Å². The maximum atomic E-state index is 10.7. The van der Waals surface area contributed by atoms with E-state index in [2.05, 4.69) is 4.98 Å². The second-order valence-electron chi connectivity index (χ2n) is 1.85. The maximum Gasteiger partial charge on any atom is 0.378 e. The van der Waals surface area contributed by atoms with Crippen LogP contribution in [0.15, 0.2) is 24.4 Å². The first-order valence-electron chi connectivity index (χ1n) is 2.90. The monoisotopic (exact) mass is 151 g/mol. The van der Waals surface area contributed by atoms with Gasteiger partial charge in [0.05, 0.1) is 0 Å². The maximum absolute atomic E-state index is 10.7. The molecule has 0 atom stereocenters. The number of rotatable bonds is 2. The van der Waals surface area contributed by atoms with Gasteiger partial charge >= 0.3 is 5.97 Å². The molecule has 0 saturated carbocycles. The van der Waals surface area contributed by atoms with Crippen molar-refractivity contribution in [3.8, 4) is 0 Å². The summed E-state index contributed by atoms with van der Waals surface area (Å²) in [4.78, 5) is 24.4. The average Bonchev–Trinajstić information content (AvgIpc) is 2.05. The Morgan fingerprint density at radius 3 is 2.55 bits per heavy atom. The minimum atomic E-state index is -1.48. The molecular weight excluding hydrogens is 146 g/mol. The topological polar surface area (TPSA) is 67.3 Å². The molecule has 56 valence electrons. The Hall–Kier alpha value is -1.71. The third kappa shape index (κ3) is 1.61. The quantitative estimate of drug-likeness (QED) is 0.489. The molecule has 0 unspecified atom stereocenters. The molecule has 1 rings (SSSR count). The Bertz CT molecular complexity index is 281. The molecule has 1 aromatic rings. The van der Waals surface area contributed by atoms with Crippen molar-refractivity contribution in [3.63, 3.8) is 0 Å². The number of hydrogen-bond acceptors (Lipinski definition) is 3. The molecule has 0 aliphatic heterocycles. The van der Waals surface area contributed by atoms with Crippen molar-refractivity contribution in [1.29, 1.82) is 0 Å². The van der Waals surface area contributed by atoms with Crippen LogP contribution in [0.3, 0.4) is 0 Å². The van der Waals surface area contributed by atoms with Gasteiger partial charge in [-0.25, -0.2) is 4.79 Å². The molecule has 0 aromatic carbocycles. The molecule has 0 bridgehead atoms. The van der Waals surface area contributed by atoms with Crippen LogP contribution in [0.1, 0.15) is 10.5 Å². The van der Waals surface area contributed by atoms with Crippen molar-refractivity contribution in [2.24, 2.45) is 0 Å². The molecule has 0 amide bonds. The highest BCUT2D eigenvalue weighted by atomic mass is 16.4. The summed E-state index contributed by atoms with van der Waals surface area (Å²) in [5.74, 6) is -2.46. The number of hydrogen-bond donors (Lipinski definition) is 1. The van der Waals surface area contributed by atoms with Crippen LogP contribution in [-0.4, -0.2) is 21.8 Å². The number of pyridine rings is 1. The van der Waals surface area contributed by atoms with Gasteiger partial charge in [-0.15, -0.1) is 0 Å². The van der Waals surface area contributed by atoms with E-state index >= 15 is 0 Å². The fourth-order valence-electron chi connectivity index (χ4n) is 0.607. The van der Waals surface area contributed by atoms with Gasteiger partial charge in [0.25, 0.3) is 5.78 Å². The first-order valence-corrected chi connectivity index (χ1v) is 2.90. The highest BCUT2D eigenvalue weighted by Gasteiger charge is 2.14. The summed E-state index contributed by atoms with van der Waals surface area (Å²) < 4.78 is 0. The first-order chi connectivity index (χ1) is 5.22. The van der Waals surface area contributed by atoms with E-state index in [1.165, 1.54) is 12.3 Å². The molecule has 0 saturated heterocycles. The van der Waals surface area contributed by atoms with Crippen molar-refractivity contribution in [2.75, 3.05) is 0 Å². The molecule has 11 heavy (non-hydrogen) atoms. The average molecular weight is 151 g/mol. The molecule has 0 fully saturated rings. The van der Waals surface area contributed by atoms with Gasteiger partial charge in [0.15, 0.2) is 0 Å². The van der Waals surface area contributed by atoms with E-state index in [9.17, 15) is 9.59 Å². The van der Waals surface area contributed by atoms with Crippen molar-refractivity contribution in [3.05, 3.63) is 30.1 Å². The molecule has 0 radical (unpaired) electrons. The van der Waals surface area contributed by atoms with Gasteiger partial charge in [-0.1, -0.05) is 6.07 Å². The second kappa shape index (κ2) is 2.92.